The molecule has 3 fully saturated rings. The second kappa shape index (κ2) is 25.6. The van der Waals surface area contributed by atoms with Gasteiger partial charge in [-0.3, -0.25) is 48.6 Å². The fraction of sp³-hybridized carbons (Fsp3) is 0.711. The van der Waals surface area contributed by atoms with Crippen LogP contribution >= 0.6 is 11.8 Å². The molecule has 0 aromatic heterocycles. The van der Waals surface area contributed by atoms with E-state index in [1.807, 2.05) is 0 Å². The minimum absolute atomic E-state index is 0.000759. The lowest BCUT2D eigenvalue weighted by atomic mass is 10.1. The molecule has 65 heavy (non-hydrogen) atoms. The van der Waals surface area contributed by atoms with Crippen molar-refractivity contribution in [3.8, 4) is 0 Å². The van der Waals surface area contributed by atoms with Crippen molar-refractivity contribution < 1.29 is 63.3 Å². The predicted molar refractivity (Wildman–Crippen MR) is 231 cm³/mol. The number of β-amino-alcohol motifs (C(OH)–C–C–N with tert-alkyl or cyclic N) is 2. The van der Waals surface area contributed by atoms with Crippen molar-refractivity contribution in [3.63, 3.8) is 0 Å². The summed E-state index contributed by atoms with van der Waals surface area (Å²) in [6.07, 6.45) is 0.327. The lowest BCUT2D eigenvalue weighted by Gasteiger charge is -2.31. The van der Waals surface area contributed by atoms with Gasteiger partial charge in [-0.2, -0.15) is 11.8 Å². The number of likely N-dealkylation sites (tertiary alicyclic amines) is 3. The molecule has 0 aliphatic carbocycles. The first-order valence-corrected chi connectivity index (χ1v) is 22.6. The van der Waals surface area contributed by atoms with Crippen LogP contribution in [0.15, 0.2) is 0 Å². The standard InChI is InChI=1S/C38H63N13O13S/c1-19(39)31(57)45-16-30(56)49-10-5-7-25(49)36(62)51-18-22(53)13-27(51)34(60)44-15-29(55)47-23(8-11-65-3)35(61)50-17-21(52)12-26(50)33(59)43-14-28(54)46-20(2)32(58)48-24(37(63)64)6-4-9-42-38(40)41/h19-27,52-53H,4-18,39H2,1-3H3,(H,43,59)(H,44,60)(H,45,57)(H,46,54)(H,47,55)(H,48,58)(H,63,64)(H4,40,41,42)/t19-,20-,21+,22+,23-,24-,25-,26-,27-/m0/s1. The molecule has 3 saturated heterocycles. The molecule has 0 aromatic carbocycles. The third kappa shape index (κ3) is 16.3. The molecule has 15 N–H and O–H groups in total. The molecule has 0 radical (unpaired) electrons. The van der Waals surface area contributed by atoms with Crippen LogP contribution in [0.4, 0.5) is 0 Å². The summed E-state index contributed by atoms with van der Waals surface area (Å²) in [5.41, 5.74) is 10.7. The SMILES string of the molecule is CSCC[C@H](NC(=O)CNC(=O)[C@@H]1C[C@@H](O)CN1C(=O)[C@@H]1CCCN1C(=O)CNC(=O)[C@H](C)N)C(=O)N1C[C@H](O)C[C@H]1C(=O)NCC(=O)N[C@@H](C)C(=O)N[C@@H](CCCNC(=N)N)C(=O)O. The average Bonchev–Trinajstić information content (AvgIpc) is 4.01. The van der Waals surface area contributed by atoms with Gasteiger partial charge in [-0.25, -0.2) is 4.79 Å². The molecule has 3 aliphatic rings. The van der Waals surface area contributed by atoms with Crippen LogP contribution in [0.3, 0.4) is 0 Å². The van der Waals surface area contributed by atoms with Crippen LogP contribution < -0.4 is 48.7 Å². The van der Waals surface area contributed by atoms with Crippen molar-refractivity contribution >= 4 is 76.9 Å². The highest BCUT2D eigenvalue weighted by molar-refractivity contribution is 7.98. The molecule has 9 atom stereocenters. The van der Waals surface area contributed by atoms with Gasteiger partial charge in [0.25, 0.3) is 0 Å². The number of carboxylic acids is 1. The summed E-state index contributed by atoms with van der Waals surface area (Å²) in [4.78, 5) is 133. The Balaban J connectivity index is 1.56. The number of carbonyl (C=O) groups is 10. The topological polar surface area (TPSA) is 401 Å². The molecular formula is C38H63N13O13S. The van der Waals surface area contributed by atoms with E-state index < -0.39 is 127 Å². The van der Waals surface area contributed by atoms with Gasteiger partial charge < -0.3 is 78.7 Å². The maximum atomic E-state index is 13.9. The fourth-order valence-corrected chi connectivity index (χ4v) is 7.97. The Morgan fingerprint density at radius 1 is 0.738 bits per heavy atom. The molecule has 3 aliphatic heterocycles. The summed E-state index contributed by atoms with van der Waals surface area (Å²) < 4.78 is 0. The second-order valence-corrected chi connectivity index (χ2v) is 17.0. The Kier molecular flexibility index (Phi) is 21.1. The van der Waals surface area contributed by atoms with Gasteiger partial charge in [0, 0.05) is 39.0 Å². The van der Waals surface area contributed by atoms with E-state index in [-0.39, 0.29) is 77.2 Å². The van der Waals surface area contributed by atoms with E-state index in [1.165, 1.54) is 30.5 Å². The molecule has 364 valence electrons. The second-order valence-electron chi connectivity index (χ2n) is 16.1. The van der Waals surface area contributed by atoms with Crippen molar-refractivity contribution in [1.29, 1.82) is 5.41 Å². The van der Waals surface area contributed by atoms with Gasteiger partial charge in [0.05, 0.1) is 37.9 Å². The maximum absolute atomic E-state index is 13.9. The van der Waals surface area contributed by atoms with Gasteiger partial charge in [-0.15, -0.1) is 0 Å². The molecule has 3 heterocycles. The summed E-state index contributed by atoms with van der Waals surface area (Å²) in [7, 11) is 0. The highest BCUT2D eigenvalue weighted by Crippen LogP contribution is 2.26. The summed E-state index contributed by atoms with van der Waals surface area (Å²) in [5.74, 6) is -7.63. The highest BCUT2D eigenvalue weighted by atomic mass is 32.2. The summed E-state index contributed by atoms with van der Waals surface area (Å²) in [5, 5.41) is 54.6. The number of thioether (sulfide) groups is 1. The first kappa shape index (κ1) is 53.5. The lowest BCUT2D eigenvalue weighted by Crippen LogP contribution is -2.56. The molecule has 0 spiro atoms. The molecule has 9 amide bonds. The number of aliphatic hydroxyl groups is 2. The van der Waals surface area contributed by atoms with Gasteiger partial charge in [0.2, 0.25) is 53.2 Å². The van der Waals surface area contributed by atoms with Crippen molar-refractivity contribution in [3.05, 3.63) is 0 Å². The molecule has 0 bridgehead atoms. The zero-order chi connectivity index (χ0) is 48.5. The van der Waals surface area contributed by atoms with Gasteiger partial charge in [-0.1, -0.05) is 0 Å². The first-order valence-electron chi connectivity index (χ1n) is 21.2. The molecule has 0 aromatic rings. The number of aliphatic carboxylic acids is 1. The molecule has 3 rings (SSSR count). The lowest BCUT2D eigenvalue weighted by molar-refractivity contribution is -0.146. The Morgan fingerprint density at radius 3 is 1.89 bits per heavy atom. The van der Waals surface area contributed by atoms with Gasteiger partial charge >= 0.3 is 5.97 Å². The third-order valence-corrected chi connectivity index (χ3v) is 11.5. The number of carboxylic acid groups (broad SMARTS) is 1. The van der Waals surface area contributed by atoms with Gasteiger partial charge in [0.1, 0.15) is 36.3 Å². The zero-order valence-electron chi connectivity index (χ0n) is 36.6. The van der Waals surface area contributed by atoms with Crippen molar-refractivity contribution in [1.82, 2.24) is 51.9 Å². The maximum Gasteiger partial charge on any atom is 0.326 e. The monoisotopic (exact) mass is 941 g/mol. The number of rotatable bonds is 23. The summed E-state index contributed by atoms with van der Waals surface area (Å²) >= 11 is 1.36. The Bertz CT molecular complexity index is 1790. The normalized spacial score (nSPS) is 22.1. The van der Waals surface area contributed by atoms with Crippen LogP contribution in [-0.4, -0.2) is 207 Å². The number of hydrogen-bond donors (Lipinski definition) is 13. The number of nitrogens with zero attached hydrogens (tertiary/aromatic N) is 3. The smallest absolute Gasteiger partial charge is 0.326 e. The van der Waals surface area contributed by atoms with Crippen LogP contribution in [0.25, 0.3) is 0 Å². The number of carbonyl (C=O) groups excluding carboxylic acids is 9. The quantitative estimate of drug-likeness (QED) is 0.0257. The predicted octanol–water partition coefficient (Wildman–Crippen LogP) is -6.83. The molecular weight excluding hydrogens is 879 g/mol. The molecule has 26 nitrogen and oxygen atoms in total. The van der Waals surface area contributed by atoms with E-state index >= 15 is 0 Å². The van der Waals surface area contributed by atoms with Crippen molar-refractivity contribution in [2.24, 2.45) is 11.5 Å². The average molecular weight is 942 g/mol. The van der Waals surface area contributed by atoms with E-state index in [9.17, 15) is 63.3 Å². The fourth-order valence-electron chi connectivity index (χ4n) is 7.50. The Labute approximate surface area is 379 Å². The summed E-state index contributed by atoms with van der Waals surface area (Å²) in [6.45, 7) is 1.02. The van der Waals surface area contributed by atoms with Gasteiger partial charge in [-0.05, 0) is 58.0 Å². The van der Waals surface area contributed by atoms with E-state index in [2.05, 4.69) is 37.2 Å². The van der Waals surface area contributed by atoms with Crippen LogP contribution in [-0.2, 0) is 47.9 Å². The zero-order valence-corrected chi connectivity index (χ0v) is 37.4. The highest BCUT2D eigenvalue weighted by Gasteiger charge is 2.45. The molecule has 0 saturated carbocycles. The number of nitrogens with two attached hydrogens (primary N) is 2. The minimum Gasteiger partial charge on any atom is -0.480 e. The van der Waals surface area contributed by atoms with E-state index in [4.69, 9.17) is 16.9 Å². The first-order chi connectivity index (χ1) is 30.6. The summed E-state index contributed by atoms with van der Waals surface area (Å²) in [6, 6.07) is -7.97. The van der Waals surface area contributed by atoms with E-state index in [0.717, 1.165) is 9.80 Å². The number of hydrogen-bond acceptors (Lipinski definition) is 15. The Morgan fingerprint density at radius 2 is 1.32 bits per heavy atom. The molecule has 0 unspecified atom stereocenters. The van der Waals surface area contributed by atoms with Crippen LogP contribution in [0.5, 0.6) is 0 Å². The van der Waals surface area contributed by atoms with E-state index in [1.54, 1.807) is 6.26 Å². The van der Waals surface area contributed by atoms with Crippen LogP contribution in [0.2, 0.25) is 0 Å². The van der Waals surface area contributed by atoms with Crippen molar-refractivity contribution in [2.75, 3.05) is 57.8 Å². The minimum atomic E-state index is -1.32. The van der Waals surface area contributed by atoms with Crippen molar-refractivity contribution in [2.45, 2.75) is 113 Å². The number of amides is 9. The molecule has 27 heteroatoms. The number of guanidine groups is 1. The Hall–Kier alpha value is -5.80. The van der Waals surface area contributed by atoms with E-state index in [0.29, 0.717) is 12.2 Å². The number of aliphatic hydroxyl groups excluding tert-OH is 2. The van der Waals surface area contributed by atoms with Crippen LogP contribution in [0, 0.1) is 5.41 Å². The number of nitrogens with one attached hydrogen (secondary N) is 8. The largest absolute Gasteiger partial charge is 0.480 e. The third-order valence-electron chi connectivity index (χ3n) is 10.9. The van der Waals surface area contributed by atoms with Gasteiger partial charge in [0.15, 0.2) is 5.96 Å². The van der Waals surface area contributed by atoms with Crippen LogP contribution in [0.1, 0.15) is 58.8 Å².